The minimum absolute atomic E-state index is 0.0299. The largest absolute Gasteiger partial charge is 0.375 e. The number of para-hydroxylation sites is 2. The van der Waals surface area contributed by atoms with E-state index in [4.69, 9.17) is 4.74 Å². The second-order valence-electron chi connectivity index (χ2n) is 7.11. The van der Waals surface area contributed by atoms with E-state index in [2.05, 4.69) is 15.6 Å². The van der Waals surface area contributed by atoms with E-state index >= 15 is 0 Å². The van der Waals surface area contributed by atoms with Gasteiger partial charge in [0.05, 0.1) is 17.1 Å². The molecule has 0 spiro atoms. The molecule has 2 aromatic carbocycles. The summed E-state index contributed by atoms with van der Waals surface area (Å²) in [6, 6.07) is 13.1. The lowest BCUT2D eigenvalue weighted by Gasteiger charge is -2.16. The molecule has 0 saturated heterocycles. The van der Waals surface area contributed by atoms with Crippen molar-refractivity contribution in [2.75, 3.05) is 19.0 Å². The van der Waals surface area contributed by atoms with Gasteiger partial charge in [-0.2, -0.15) is 0 Å². The summed E-state index contributed by atoms with van der Waals surface area (Å²) >= 11 is 0. The Labute approximate surface area is 170 Å². The fourth-order valence-corrected chi connectivity index (χ4v) is 3.23. The third kappa shape index (κ3) is 4.81. The van der Waals surface area contributed by atoms with E-state index in [1.165, 1.54) is 12.7 Å². The lowest BCUT2D eigenvalue weighted by Crippen LogP contribution is -2.32. The van der Waals surface area contributed by atoms with Crippen molar-refractivity contribution in [3.63, 3.8) is 0 Å². The topological polar surface area (TPSA) is 85.2 Å². The minimum atomic E-state index is -0.375. The number of methoxy groups -OCH3 is 1. The second kappa shape index (κ2) is 8.87. The Kier molecular flexibility index (Phi) is 6.29. The average molecular weight is 394 g/mol. The van der Waals surface area contributed by atoms with Crippen LogP contribution in [0.25, 0.3) is 11.0 Å². The maximum Gasteiger partial charge on any atom is 0.246 e. The van der Waals surface area contributed by atoms with Crippen LogP contribution in [-0.2, 0) is 20.9 Å². The monoisotopic (exact) mass is 394 g/mol. The van der Waals surface area contributed by atoms with Gasteiger partial charge < -0.3 is 19.9 Å². The van der Waals surface area contributed by atoms with Crippen molar-refractivity contribution in [2.45, 2.75) is 33.4 Å². The van der Waals surface area contributed by atoms with Gasteiger partial charge in [0, 0.05) is 12.8 Å². The molecule has 0 bridgehead atoms. The third-order valence-corrected chi connectivity index (χ3v) is 4.82. The van der Waals surface area contributed by atoms with Gasteiger partial charge in [0.25, 0.3) is 0 Å². The third-order valence-electron chi connectivity index (χ3n) is 4.82. The van der Waals surface area contributed by atoms with E-state index in [0.29, 0.717) is 5.82 Å². The Bertz CT molecular complexity index is 1040. The van der Waals surface area contributed by atoms with Gasteiger partial charge in [0.15, 0.2) is 0 Å². The minimum Gasteiger partial charge on any atom is -0.375 e. The lowest BCUT2D eigenvalue weighted by molar-refractivity contribution is -0.125. The van der Waals surface area contributed by atoms with Gasteiger partial charge in [0.1, 0.15) is 19.0 Å². The molecule has 3 rings (SSSR count). The van der Waals surface area contributed by atoms with Gasteiger partial charge in [-0.1, -0.05) is 18.2 Å². The molecule has 3 aromatic rings. The van der Waals surface area contributed by atoms with E-state index in [9.17, 15) is 9.59 Å². The number of nitrogens with zero attached hydrogens (tertiary/aromatic N) is 2. The molecule has 1 unspecified atom stereocenters. The highest BCUT2D eigenvalue weighted by Crippen LogP contribution is 2.21. The van der Waals surface area contributed by atoms with Gasteiger partial charge in [0.2, 0.25) is 11.8 Å². The van der Waals surface area contributed by atoms with E-state index in [-0.39, 0.29) is 31.0 Å². The normalized spacial score (nSPS) is 12.0. The Morgan fingerprint density at radius 2 is 1.86 bits per heavy atom. The van der Waals surface area contributed by atoms with Crippen LogP contribution < -0.4 is 10.6 Å². The molecular weight excluding hydrogens is 368 g/mol. The molecule has 0 radical (unpaired) electrons. The molecule has 7 heteroatoms. The summed E-state index contributed by atoms with van der Waals surface area (Å²) in [5, 5.41) is 5.80. The number of rotatable bonds is 7. The zero-order chi connectivity index (χ0) is 21.0. The smallest absolute Gasteiger partial charge is 0.246 e. The Morgan fingerprint density at radius 1 is 1.10 bits per heavy atom. The number of fused-ring (bicyclic) bond motifs is 1. The predicted molar refractivity (Wildman–Crippen MR) is 113 cm³/mol. The maximum atomic E-state index is 12.8. The number of hydrogen-bond acceptors (Lipinski definition) is 4. The fraction of sp³-hybridized carbons (Fsp3) is 0.318. The number of imidazole rings is 1. The van der Waals surface area contributed by atoms with Gasteiger partial charge in [-0.3, -0.25) is 9.59 Å². The van der Waals surface area contributed by atoms with Crippen LogP contribution in [0.15, 0.2) is 42.5 Å². The van der Waals surface area contributed by atoms with Crippen molar-refractivity contribution < 1.29 is 14.3 Å². The number of hydrogen-bond donors (Lipinski definition) is 2. The Balaban J connectivity index is 1.85. The number of nitrogens with one attached hydrogen (secondary N) is 2. The number of carbonyl (C=O) groups excluding carboxylic acids is 2. The van der Waals surface area contributed by atoms with Gasteiger partial charge in [-0.15, -0.1) is 0 Å². The van der Waals surface area contributed by atoms with E-state index in [1.54, 1.807) is 0 Å². The molecule has 29 heavy (non-hydrogen) atoms. The van der Waals surface area contributed by atoms with Crippen molar-refractivity contribution in [3.05, 3.63) is 59.4 Å². The molecule has 152 valence electrons. The van der Waals surface area contributed by atoms with Crippen molar-refractivity contribution >= 4 is 28.5 Å². The number of aryl methyl sites for hydroxylation is 2. The molecule has 2 N–H and O–H groups in total. The van der Waals surface area contributed by atoms with E-state index in [0.717, 1.165) is 22.3 Å². The molecule has 0 aliphatic heterocycles. The summed E-state index contributed by atoms with van der Waals surface area (Å²) in [6.07, 6.45) is 0. The lowest BCUT2D eigenvalue weighted by atomic mass is 10.1. The zero-order valence-corrected chi connectivity index (χ0v) is 17.2. The van der Waals surface area contributed by atoms with E-state index < -0.39 is 0 Å². The molecule has 0 saturated carbocycles. The number of aromatic nitrogens is 2. The molecule has 2 amide bonds. The van der Waals surface area contributed by atoms with Crippen LogP contribution in [0, 0.1) is 13.8 Å². The summed E-state index contributed by atoms with van der Waals surface area (Å²) in [5.74, 6) is 0.220. The van der Waals surface area contributed by atoms with Crippen molar-refractivity contribution in [1.29, 1.82) is 0 Å². The SMILES string of the molecule is COCC(=O)NC(C)c1nc2ccccc2n1CC(=O)Nc1ccc(C)c(C)c1. The quantitative estimate of drug-likeness (QED) is 0.645. The summed E-state index contributed by atoms with van der Waals surface area (Å²) in [4.78, 5) is 29.3. The zero-order valence-electron chi connectivity index (χ0n) is 17.2. The van der Waals surface area contributed by atoms with Gasteiger partial charge in [-0.05, 0) is 56.2 Å². The molecule has 1 heterocycles. The van der Waals surface area contributed by atoms with Crippen LogP contribution in [0.5, 0.6) is 0 Å². The summed E-state index contributed by atoms with van der Waals surface area (Å²) in [7, 11) is 1.47. The molecule has 0 aliphatic rings. The van der Waals surface area contributed by atoms with Crippen LogP contribution in [-0.4, -0.2) is 35.1 Å². The van der Waals surface area contributed by atoms with Crippen LogP contribution in [0.4, 0.5) is 5.69 Å². The molecular formula is C22H26N4O3. The first-order valence-electron chi connectivity index (χ1n) is 9.49. The number of amides is 2. The highest BCUT2D eigenvalue weighted by molar-refractivity contribution is 5.92. The first-order valence-corrected chi connectivity index (χ1v) is 9.49. The Hall–Kier alpha value is -3.19. The molecule has 1 aromatic heterocycles. The number of carbonyl (C=O) groups is 2. The molecule has 0 aliphatic carbocycles. The van der Waals surface area contributed by atoms with Crippen molar-refractivity contribution in [1.82, 2.24) is 14.9 Å². The van der Waals surface area contributed by atoms with Crippen molar-refractivity contribution in [2.24, 2.45) is 0 Å². The van der Waals surface area contributed by atoms with Crippen LogP contribution in [0.3, 0.4) is 0 Å². The van der Waals surface area contributed by atoms with Gasteiger partial charge >= 0.3 is 0 Å². The van der Waals surface area contributed by atoms with Crippen LogP contribution in [0.2, 0.25) is 0 Å². The summed E-state index contributed by atoms with van der Waals surface area (Å²) in [5.41, 5.74) is 4.66. The van der Waals surface area contributed by atoms with Gasteiger partial charge in [-0.25, -0.2) is 4.98 Å². The highest BCUT2D eigenvalue weighted by Gasteiger charge is 2.20. The number of ether oxygens (including phenoxy) is 1. The maximum absolute atomic E-state index is 12.8. The van der Waals surface area contributed by atoms with Crippen LogP contribution >= 0.6 is 0 Å². The highest BCUT2D eigenvalue weighted by atomic mass is 16.5. The summed E-state index contributed by atoms with van der Waals surface area (Å²) in [6.45, 7) is 5.94. The molecule has 0 fully saturated rings. The second-order valence-corrected chi connectivity index (χ2v) is 7.11. The number of benzene rings is 2. The van der Waals surface area contributed by atoms with Crippen molar-refractivity contribution in [3.8, 4) is 0 Å². The molecule has 7 nitrogen and oxygen atoms in total. The predicted octanol–water partition coefficient (Wildman–Crippen LogP) is 3.12. The first-order chi connectivity index (χ1) is 13.9. The Morgan fingerprint density at radius 3 is 2.59 bits per heavy atom. The standard InChI is InChI=1S/C22H26N4O3/c1-14-9-10-17(11-15(14)2)24-20(27)12-26-19-8-6-5-7-18(19)25-22(26)16(3)23-21(28)13-29-4/h5-11,16H,12-13H2,1-4H3,(H,23,28)(H,24,27). The number of anilines is 1. The first kappa shape index (κ1) is 20.5. The van der Waals surface area contributed by atoms with E-state index in [1.807, 2.05) is 67.8 Å². The molecule has 1 atom stereocenters. The average Bonchev–Trinajstić information content (AvgIpc) is 3.03. The fourth-order valence-electron chi connectivity index (χ4n) is 3.23. The summed E-state index contributed by atoms with van der Waals surface area (Å²) < 4.78 is 6.71. The van der Waals surface area contributed by atoms with Crippen LogP contribution in [0.1, 0.15) is 29.9 Å².